The van der Waals surface area contributed by atoms with Crippen LogP contribution >= 0.6 is 0 Å². The van der Waals surface area contributed by atoms with Crippen LogP contribution in [0.25, 0.3) is 0 Å². The molecule has 158 valence electrons. The number of carbonyl (C=O) groups is 6. The molecule has 1 aromatic carbocycles. The molecule has 0 saturated carbocycles. The Hall–Kier alpha value is -3.64. The first-order chi connectivity index (χ1) is 14.2. The Morgan fingerprint density at radius 2 is 1.10 bits per heavy atom. The van der Waals surface area contributed by atoms with Crippen molar-refractivity contribution in [3.05, 3.63) is 35.4 Å². The number of ether oxygens (including phenoxy) is 2. The smallest absolute Gasteiger partial charge is 0.346 e. The van der Waals surface area contributed by atoms with Crippen LogP contribution in [0.1, 0.15) is 34.6 Å². The van der Waals surface area contributed by atoms with Gasteiger partial charge in [-0.2, -0.15) is 0 Å². The summed E-state index contributed by atoms with van der Waals surface area (Å²) < 4.78 is 9.49. The molecule has 12 nitrogen and oxygen atoms in total. The van der Waals surface area contributed by atoms with E-state index in [-0.39, 0.29) is 11.1 Å². The summed E-state index contributed by atoms with van der Waals surface area (Å²) in [7, 11) is 0. The number of nitrogens with one attached hydrogen (secondary N) is 4. The lowest BCUT2D eigenvalue weighted by molar-refractivity contribution is -0.148. The summed E-state index contributed by atoms with van der Waals surface area (Å²) in [6.07, 6.45) is 0. The average Bonchev–Trinajstić information content (AvgIpc) is 3.22. The molecule has 3 rings (SSSR count). The van der Waals surface area contributed by atoms with Crippen molar-refractivity contribution >= 4 is 35.7 Å². The highest BCUT2D eigenvalue weighted by Crippen LogP contribution is 2.18. The van der Waals surface area contributed by atoms with E-state index in [1.807, 2.05) is 0 Å². The summed E-state index contributed by atoms with van der Waals surface area (Å²) in [6, 6.07) is 3.98. The molecule has 4 unspecified atom stereocenters. The van der Waals surface area contributed by atoms with Gasteiger partial charge >= 0.3 is 23.9 Å². The summed E-state index contributed by atoms with van der Waals surface area (Å²) in [5.74, 6) is -8.39. The van der Waals surface area contributed by atoms with Crippen LogP contribution in [0.4, 0.5) is 0 Å². The molecule has 2 fully saturated rings. The van der Waals surface area contributed by atoms with Gasteiger partial charge in [-0.05, 0) is 26.0 Å². The number of benzene rings is 1. The SMILES string of the molecule is CC1NNC(=O)C1C(=O)OC(=O)c1ccccc1C(=O)OC(=O)C1C(=O)NNC1C. The van der Waals surface area contributed by atoms with Crippen LogP contribution in [0.3, 0.4) is 0 Å². The molecule has 4 N–H and O–H groups in total. The zero-order valence-corrected chi connectivity index (χ0v) is 15.9. The van der Waals surface area contributed by atoms with E-state index < -0.39 is 59.6 Å². The highest BCUT2D eigenvalue weighted by atomic mass is 16.6. The molecule has 2 heterocycles. The maximum Gasteiger partial charge on any atom is 0.346 e. The number of rotatable bonds is 4. The van der Waals surface area contributed by atoms with Crippen molar-refractivity contribution in [1.29, 1.82) is 0 Å². The van der Waals surface area contributed by atoms with Gasteiger partial charge in [0.2, 0.25) is 11.8 Å². The van der Waals surface area contributed by atoms with Crippen LogP contribution < -0.4 is 21.7 Å². The van der Waals surface area contributed by atoms with E-state index in [4.69, 9.17) is 9.47 Å². The second-order valence-corrected chi connectivity index (χ2v) is 6.76. The predicted molar refractivity (Wildman–Crippen MR) is 95.7 cm³/mol. The Morgan fingerprint density at radius 1 is 0.733 bits per heavy atom. The van der Waals surface area contributed by atoms with E-state index in [0.717, 1.165) is 0 Å². The molecule has 4 atom stereocenters. The van der Waals surface area contributed by atoms with Gasteiger partial charge in [-0.1, -0.05) is 12.1 Å². The third-order valence-corrected chi connectivity index (χ3v) is 4.67. The van der Waals surface area contributed by atoms with Gasteiger partial charge in [0.25, 0.3) is 0 Å². The van der Waals surface area contributed by atoms with Crippen molar-refractivity contribution in [2.45, 2.75) is 25.9 Å². The maximum atomic E-state index is 12.4. The molecule has 0 aliphatic carbocycles. The highest BCUT2D eigenvalue weighted by Gasteiger charge is 2.41. The monoisotopic (exact) mass is 418 g/mol. The fourth-order valence-electron chi connectivity index (χ4n) is 3.03. The van der Waals surface area contributed by atoms with Gasteiger partial charge in [-0.25, -0.2) is 20.4 Å². The number of hydrogen-bond acceptors (Lipinski definition) is 10. The number of carbonyl (C=O) groups excluding carboxylic acids is 6. The zero-order chi connectivity index (χ0) is 22.0. The highest BCUT2D eigenvalue weighted by molar-refractivity contribution is 6.11. The van der Waals surface area contributed by atoms with Gasteiger partial charge in [0, 0.05) is 12.1 Å². The largest absolute Gasteiger partial charge is 0.389 e. The van der Waals surface area contributed by atoms with E-state index in [1.54, 1.807) is 13.8 Å². The van der Waals surface area contributed by atoms with Crippen LogP contribution in [0.2, 0.25) is 0 Å². The first-order valence-electron chi connectivity index (χ1n) is 8.92. The topological polar surface area (TPSA) is 169 Å². The fourth-order valence-corrected chi connectivity index (χ4v) is 3.03. The number of amides is 2. The van der Waals surface area contributed by atoms with Crippen LogP contribution in [0.15, 0.2) is 24.3 Å². The first-order valence-corrected chi connectivity index (χ1v) is 8.92. The Labute approximate surface area is 169 Å². The molecule has 0 aromatic heterocycles. The minimum absolute atomic E-state index is 0.343. The molecule has 0 bridgehead atoms. The van der Waals surface area contributed by atoms with Crippen molar-refractivity contribution in [2.75, 3.05) is 0 Å². The lowest BCUT2D eigenvalue weighted by Gasteiger charge is -2.13. The molecule has 2 aliphatic rings. The van der Waals surface area contributed by atoms with Gasteiger partial charge in [-0.15, -0.1) is 0 Å². The summed E-state index contributed by atoms with van der Waals surface area (Å²) in [6.45, 7) is 3.08. The van der Waals surface area contributed by atoms with Gasteiger partial charge in [-0.3, -0.25) is 30.0 Å². The molecule has 2 saturated heterocycles. The van der Waals surface area contributed by atoms with Gasteiger partial charge in [0.05, 0.1) is 11.1 Å². The molecule has 0 spiro atoms. The second-order valence-electron chi connectivity index (χ2n) is 6.76. The fraction of sp³-hybridized carbons (Fsp3) is 0.333. The predicted octanol–water partition coefficient (Wildman–Crippen LogP) is -1.67. The molecule has 0 radical (unpaired) electrons. The van der Waals surface area contributed by atoms with E-state index >= 15 is 0 Å². The Morgan fingerprint density at radius 3 is 1.40 bits per heavy atom. The van der Waals surface area contributed by atoms with Crippen LogP contribution in [-0.2, 0) is 28.7 Å². The van der Waals surface area contributed by atoms with E-state index in [9.17, 15) is 28.8 Å². The average molecular weight is 418 g/mol. The minimum atomic E-state index is -1.25. The van der Waals surface area contributed by atoms with Crippen LogP contribution in [0.5, 0.6) is 0 Å². The van der Waals surface area contributed by atoms with Crippen LogP contribution in [-0.4, -0.2) is 47.8 Å². The third-order valence-electron chi connectivity index (χ3n) is 4.67. The lowest BCUT2D eigenvalue weighted by atomic mass is 10.0. The summed E-state index contributed by atoms with van der Waals surface area (Å²) >= 11 is 0. The Balaban J connectivity index is 1.73. The van der Waals surface area contributed by atoms with Crippen LogP contribution in [0, 0.1) is 11.8 Å². The molecular weight excluding hydrogens is 400 g/mol. The first kappa shape index (κ1) is 21.1. The van der Waals surface area contributed by atoms with Crippen molar-refractivity contribution in [1.82, 2.24) is 21.7 Å². The summed E-state index contributed by atoms with van der Waals surface area (Å²) in [5.41, 5.74) is 8.88. The van der Waals surface area contributed by atoms with Crippen molar-refractivity contribution in [3.63, 3.8) is 0 Å². The summed E-state index contributed by atoms with van der Waals surface area (Å²) in [4.78, 5) is 72.6. The summed E-state index contributed by atoms with van der Waals surface area (Å²) in [5, 5.41) is 0. The van der Waals surface area contributed by atoms with Gasteiger partial charge in [0.1, 0.15) is 0 Å². The lowest BCUT2D eigenvalue weighted by Crippen LogP contribution is -2.34. The molecule has 1 aromatic rings. The van der Waals surface area contributed by atoms with Crippen molar-refractivity contribution in [3.8, 4) is 0 Å². The maximum absolute atomic E-state index is 12.4. The minimum Gasteiger partial charge on any atom is -0.389 e. The molecule has 30 heavy (non-hydrogen) atoms. The third kappa shape index (κ3) is 4.04. The van der Waals surface area contributed by atoms with E-state index in [0.29, 0.717) is 0 Å². The van der Waals surface area contributed by atoms with E-state index in [2.05, 4.69) is 21.7 Å². The standard InChI is InChI=1S/C18H18N4O8/c1-7-11(13(23)21-19-7)17(27)29-15(25)9-5-3-4-6-10(9)16(26)30-18(28)12-8(2)20-22-14(12)24/h3-8,11-12,19-20H,1-2H3,(H,21,23)(H,22,24). The number of esters is 4. The molecular formula is C18H18N4O8. The second kappa shape index (κ2) is 8.39. The van der Waals surface area contributed by atoms with Gasteiger partial charge < -0.3 is 9.47 Å². The molecule has 2 aliphatic heterocycles. The Bertz CT molecular complexity index is 871. The molecule has 2 amide bonds. The zero-order valence-electron chi connectivity index (χ0n) is 15.9. The number of hydrogen-bond donors (Lipinski definition) is 4. The number of hydrazine groups is 2. The van der Waals surface area contributed by atoms with E-state index in [1.165, 1.54) is 24.3 Å². The normalized spacial score (nSPS) is 25.3. The molecule has 12 heteroatoms. The quantitative estimate of drug-likeness (QED) is 0.328. The Kier molecular flexibility index (Phi) is 5.89. The van der Waals surface area contributed by atoms with Gasteiger partial charge in [0.15, 0.2) is 11.8 Å². The van der Waals surface area contributed by atoms with Crippen molar-refractivity contribution in [2.24, 2.45) is 11.8 Å². The van der Waals surface area contributed by atoms with Crippen molar-refractivity contribution < 1.29 is 38.2 Å².